The first-order valence-corrected chi connectivity index (χ1v) is 18.6. The molecule has 2 saturated carbocycles. The molecular weight excluding hydrogens is 724 g/mol. The first-order valence-electron chi connectivity index (χ1n) is 18.6. The number of aromatic amines is 1. The molecule has 0 bridgehead atoms. The van der Waals surface area contributed by atoms with Gasteiger partial charge in [0.15, 0.2) is 11.5 Å². The molecule has 0 atom stereocenters. The molecule has 0 unspecified atom stereocenters. The lowest BCUT2D eigenvalue weighted by atomic mass is 9.49. The number of alkyl halides is 2. The maximum Gasteiger partial charge on any atom is 0.409 e. The number of amides is 1. The van der Waals surface area contributed by atoms with Crippen molar-refractivity contribution in [2.45, 2.75) is 81.7 Å². The molecule has 0 radical (unpaired) electrons. The van der Waals surface area contributed by atoms with Gasteiger partial charge in [-0.2, -0.15) is 15.3 Å². The molecule has 15 nitrogen and oxygen atoms in total. The summed E-state index contributed by atoms with van der Waals surface area (Å²) in [4.78, 5) is 37.3. The van der Waals surface area contributed by atoms with Gasteiger partial charge < -0.3 is 26.1 Å². The van der Waals surface area contributed by atoms with Gasteiger partial charge in [-0.15, -0.1) is 0 Å². The van der Waals surface area contributed by atoms with E-state index in [0.29, 0.717) is 98.0 Å². The molecule has 17 heteroatoms. The van der Waals surface area contributed by atoms with Crippen molar-refractivity contribution in [2.24, 2.45) is 37.8 Å². The molecule has 1 amide bonds. The van der Waals surface area contributed by atoms with Crippen molar-refractivity contribution >= 4 is 39.8 Å². The Bertz CT molecular complexity index is 2250. The van der Waals surface area contributed by atoms with Crippen LogP contribution in [0.3, 0.4) is 0 Å². The number of carbonyl (C=O) groups excluding carboxylic acids is 2. The molecule has 56 heavy (non-hydrogen) atoms. The standard InChI is InChI=1S/C39H45F2N11O4/c1-5-23-17-25-32(33(56-19-29(40)41)31(23)30-22(3)7-8-27-26(30)18-44-47-27)45-35(24-9-15-52(16-10-24)36(54)55-4)46-34(25)38(48-50-42)13-11-37(12-14-38)20-39(21-37,49-51-43)28(53)6-2/h5-8,17-18,24,29H,1-2,9-16,19-21H2,3-4H3,(H2,42,48)(H2,43,49)(H,44,47). The molecule has 1 aliphatic heterocycles. The summed E-state index contributed by atoms with van der Waals surface area (Å²) in [6.45, 7) is 9.64. The van der Waals surface area contributed by atoms with Crippen molar-refractivity contribution < 1.29 is 27.8 Å². The van der Waals surface area contributed by atoms with E-state index in [-0.39, 0.29) is 22.9 Å². The molecule has 2 aromatic carbocycles. The number of nitrogens with one attached hydrogen (secondary N) is 1. The Hall–Kier alpha value is -5.87. The molecule has 1 spiro atoms. The van der Waals surface area contributed by atoms with Gasteiger partial charge in [-0.05, 0) is 98.6 Å². The fourth-order valence-electron chi connectivity index (χ4n) is 9.25. The molecule has 294 valence electrons. The summed E-state index contributed by atoms with van der Waals surface area (Å²) in [5, 5.41) is 24.7. The Morgan fingerprint density at radius 1 is 1.05 bits per heavy atom. The first-order chi connectivity index (χ1) is 27.0. The lowest BCUT2D eigenvalue weighted by molar-refractivity contribution is -0.131. The number of fused-ring (bicyclic) bond motifs is 2. The van der Waals surface area contributed by atoms with Crippen molar-refractivity contribution in [3.8, 4) is 16.9 Å². The van der Waals surface area contributed by atoms with Crippen LogP contribution in [0.4, 0.5) is 13.6 Å². The van der Waals surface area contributed by atoms with Crippen molar-refractivity contribution in [1.82, 2.24) is 25.1 Å². The SMILES string of the molecule is C=CC(=O)C1(N=NN)CC2(CCC(N=NN)(c3nc(C4CCN(C(=O)OC)CC4)nc4c(OCC(F)F)c(-c5c(C)ccc6[nH]ncc56)c(C=C)cc34)CC2)C1. The predicted octanol–water partition coefficient (Wildman–Crippen LogP) is 7.41. The van der Waals surface area contributed by atoms with Crippen LogP contribution in [-0.2, 0) is 15.1 Å². The number of hydrogen-bond donors (Lipinski definition) is 3. The molecule has 5 N–H and O–H groups in total. The van der Waals surface area contributed by atoms with Crippen molar-refractivity contribution in [1.29, 1.82) is 0 Å². The van der Waals surface area contributed by atoms with E-state index in [4.69, 9.17) is 36.2 Å². The van der Waals surface area contributed by atoms with Gasteiger partial charge in [-0.25, -0.2) is 23.5 Å². The molecule has 3 fully saturated rings. The van der Waals surface area contributed by atoms with E-state index in [1.54, 1.807) is 17.2 Å². The number of ether oxygens (including phenoxy) is 2. The number of piperidine rings is 1. The van der Waals surface area contributed by atoms with Crippen LogP contribution < -0.4 is 16.4 Å². The summed E-state index contributed by atoms with van der Waals surface area (Å²) in [6, 6.07) is 5.74. The van der Waals surface area contributed by atoms with Crippen LogP contribution in [0, 0.1) is 12.3 Å². The summed E-state index contributed by atoms with van der Waals surface area (Å²) in [5.41, 5.74) is 1.99. The van der Waals surface area contributed by atoms with Gasteiger partial charge in [0, 0.05) is 35.3 Å². The van der Waals surface area contributed by atoms with Crippen LogP contribution in [0.5, 0.6) is 5.75 Å². The lowest BCUT2D eigenvalue weighted by Crippen LogP contribution is -2.57. The number of hydrogen-bond acceptors (Lipinski definition) is 11. The third-order valence-electron chi connectivity index (χ3n) is 12.0. The molecule has 2 aromatic heterocycles. The Morgan fingerprint density at radius 3 is 2.39 bits per heavy atom. The molecule has 1 saturated heterocycles. The number of H-pyrrole nitrogens is 1. The number of likely N-dealkylation sites (tertiary alicyclic amines) is 1. The van der Waals surface area contributed by atoms with E-state index in [0.717, 1.165) is 22.0 Å². The number of carbonyl (C=O) groups is 2. The molecular formula is C39H45F2N11O4. The van der Waals surface area contributed by atoms with Gasteiger partial charge >= 0.3 is 6.09 Å². The highest BCUT2D eigenvalue weighted by atomic mass is 19.3. The van der Waals surface area contributed by atoms with Crippen LogP contribution in [0.15, 0.2) is 64.3 Å². The van der Waals surface area contributed by atoms with Crippen LogP contribution in [0.1, 0.15) is 79.9 Å². The van der Waals surface area contributed by atoms with E-state index in [9.17, 15) is 18.4 Å². The quantitative estimate of drug-likeness (QED) is 0.0599. The zero-order valence-electron chi connectivity index (χ0n) is 31.4. The highest BCUT2D eigenvalue weighted by Gasteiger charge is 2.61. The fraction of sp³-hybridized carbons (Fsp3) is 0.462. The Kier molecular flexibility index (Phi) is 10.3. The normalized spacial score (nSPS) is 24.3. The maximum absolute atomic E-state index is 14.1. The largest absolute Gasteiger partial charge is 0.485 e. The van der Waals surface area contributed by atoms with E-state index in [1.165, 1.54) is 13.2 Å². The van der Waals surface area contributed by atoms with Crippen molar-refractivity contribution in [3.05, 3.63) is 66.3 Å². The Balaban J connectivity index is 1.43. The third-order valence-corrected chi connectivity index (χ3v) is 12.0. The minimum absolute atomic E-state index is 0.150. The van der Waals surface area contributed by atoms with E-state index >= 15 is 0 Å². The van der Waals surface area contributed by atoms with Crippen molar-refractivity contribution in [3.63, 3.8) is 0 Å². The third kappa shape index (κ3) is 6.51. The van der Waals surface area contributed by atoms with Gasteiger partial charge in [0.2, 0.25) is 0 Å². The maximum atomic E-state index is 14.1. The summed E-state index contributed by atoms with van der Waals surface area (Å²) in [7, 11) is 1.35. The van der Waals surface area contributed by atoms with Crippen LogP contribution in [-0.4, -0.2) is 75.7 Å². The molecule has 3 aliphatic rings. The smallest absolute Gasteiger partial charge is 0.409 e. The number of aromatic nitrogens is 4. The minimum atomic E-state index is -2.78. The van der Waals surface area contributed by atoms with Crippen molar-refractivity contribution in [2.75, 3.05) is 26.8 Å². The van der Waals surface area contributed by atoms with Crippen LogP contribution in [0.2, 0.25) is 0 Å². The number of ketones is 1. The molecule has 7 rings (SSSR count). The molecule has 4 aromatic rings. The van der Waals surface area contributed by atoms with Crippen LogP contribution >= 0.6 is 0 Å². The number of methoxy groups -OCH3 is 1. The molecule has 3 heterocycles. The first kappa shape index (κ1) is 38.4. The average molecular weight is 770 g/mol. The van der Waals surface area contributed by atoms with Gasteiger partial charge in [0.05, 0.1) is 24.5 Å². The summed E-state index contributed by atoms with van der Waals surface area (Å²) in [6.07, 6.45) is 5.51. The number of nitrogens with zero attached hydrogens (tertiary/aromatic N) is 8. The number of rotatable bonds is 11. The average Bonchev–Trinajstić information content (AvgIpc) is 3.68. The lowest BCUT2D eigenvalue weighted by Gasteiger charge is -2.56. The van der Waals surface area contributed by atoms with Gasteiger partial charge in [-0.3, -0.25) is 9.89 Å². The van der Waals surface area contributed by atoms with E-state index in [1.807, 2.05) is 25.1 Å². The number of nitrogens with two attached hydrogens (primary N) is 2. The summed E-state index contributed by atoms with van der Waals surface area (Å²) < 4.78 is 39.3. The monoisotopic (exact) mass is 769 g/mol. The topological polar surface area (TPSA) is 212 Å². The van der Waals surface area contributed by atoms with E-state index < -0.39 is 30.2 Å². The highest BCUT2D eigenvalue weighted by Crippen LogP contribution is 2.62. The number of benzene rings is 2. The van der Waals surface area contributed by atoms with Gasteiger partial charge in [-0.1, -0.05) is 35.7 Å². The number of halogens is 2. The zero-order valence-corrected chi connectivity index (χ0v) is 31.4. The van der Waals surface area contributed by atoms with Gasteiger partial charge in [0.1, 0.15) is 29.0 Å². The minimum Gasteiger partial charge on any atom is -0.485 e. The van der Waals surface area contributed by atoms with Crippen LogP contribution in [0.25, 0.3) is 39.0 Å². The number of aryl methyl sites for hydroxylation is 1. The van der Waals surface area contributed by atoms with Gasteiger partial charge in [0.25, 0.3) is 6.43 Å². The second-order valence-corrected chi connectivity index (χ2v) is 15.1. The molecule has 2 aliphatic carbocycles. The fourth-order valence-corrected chi connectivity index (χ4v) is 9.25. The summed E-state index contributed by atoms with van der Waals surface area (Å²) in [5.74, 6) is 11.5. The zero-order chi connectivity index (χ0) is 39.8. The van der Waals surface area contributed by atoms with E-state index in [2.05, 4.69) is 38.9 Å². The summed E-state index contributed by atoms with van der Waals surface area (Å²) >= 11 is 0. The Morgan fingerprint density at radius 2 is 1.77 bits per heavy atom. The second kappa shape index (κ2) is 15.0. The Labute approximate surface area is 321 Å². The second-order valence-electron chi connectivity index (χ2n) is 15.1. The predicted molar refractivity (Wildman–Crippen MR) is 205 cm³/mol. The highest BCUT2D eigenvalue weighted by molar-refractivity contribution is 6.05.